The first-order chi connectivity index (χ1) is 9.90. The van der Waals surface area contributed by atoms with Crippen molar-refractivity contribution in [1.82, 2.24) is 8.87 Å². The highest BCUT2D eigenvalue weighted by atomic mass is 32.2. The molecule has 1 aliphatic heterocycles. The lowest BCUT2D eigenvalue weighted by Crippen LogP contribution is -2.41. The predicted molar refractivity (Wildman–Crippen MR) is 86.0 cm³/mol. The topological polar surface area (TPSA) is 62.5 Å². The van der Waals surface area contributed by atoms with E-state index in [2.05, 4.69) is 6.92 Å². The number of aliphatic hydroxyl groups is 1. The van der Waals surface area contributed by atoms with E-state index in [1.54, 1.807) is 16.6 Å². The summed E-state index contributed by atoms with van der Waals surface area (Å²) in [5.41, 5.74) is 0.641. The first-order valence-electron chi connectivity index (χ1n) is 7.33. The Morgan fingerprint density at radius 2 is 2.19 bits per heavy atom. The minimum Gasteiger partial charge on any atom is -0.390 e. The lowest BCUT2D eigenvalue weighted by atomic mass is 10.3. The predicted octanol–water partition coefficient (Wildman–Crippen LogP) is 2.08. The van der Waals surface area contributed by atoms with Crippen molar-refractivity contribution in [2.75, 3.05) is 18.8 Å². The van der Waals surface area contributed by atoms with E-state index in [0.29, 0.717) is 28.9 Å². The van der Waals surface area contributed by atoms with Gasteiger partial charge in [-0.3, -0.25) is 0 Å². The summed E-state index contributed by atoms with van der Waals surface area (Å²) in [5.74, 6) is 0.843. The number of hydrogen-bond acceptors (Lipinski definition) is 4. The third kappa shape index (κ3) is 3.47. The summed E-state index contributed by atoms with van der Waals surface area (Å²) in [4.78, 5) is 0.294. The number of rotatable bonds is 5. The van der Waals surface area contributed by atoms with E-state index in [0.717, 1.165) is 12.2 Å². The second kappa shape index (κ2) is 6.73. The fourth-order valence-corrected chi connectivity index (χ4v) is 5.48. The molecule has 1 N–H and O–H groups in total. The van der Waals surface area contributed by atoms with Gasteiger partial charge in [0.25, 0.3) is 0 Å². The molecule has 7 heteroatoms. The molecule has 0 radical (unpaired) electrons. The summed E-state index contributed by atoms with van der Waals surface area (Å²) < 4.78 is 29.0. The van der Waals surface area contributed by atoms with Gasteiger partial charge in [0, 0.05) is 42.0 Å². The van der Waals surface area contributed by atoms with Gasteiger partial charge in [-0.15, -0.1) is 0 Å². The molecule has 2 rings (SSSR count). The number of aromatic nitrogens is 1. The second-order valence-corrected chi connectivity index (χ2v) is 8.94. The van der Waals surface area contributed by atoms with Crippen LogP contribution >= 0.6 is 11.8 Å². The van der Waals surface area contributed by atoms with Crippen molar-refractivity contribution in [3.8, 4) is 0 Å². The van der Waals surface area contributed by atoms with Crippen molar-refractivity contribution in [2.24, 2.45) is 0 Å². The lowest BCUT2D eigenvalue weighted by molar-refractivity contribution is 0.268. The number of sulfonamides is 1. The maximum Gasteiger partial charge on any atom is 0.244 e. The average Bonchev–Trinajstić information content (AvgIpc) is 2.92. The molecule has 120 valence electrons. The van der Waals surface area contributed by atoms with E-state index >= 15 is 0 Å². The van der Waals surface area contributed by atoms with Crippen LogP contribution in [0.15, 0.2) is 17.2 Å². The Hall–Kier alpha value is -0.500. The number of hydrogen-bond donors (Lipinski definition) is 1. The van der Waals surface area contributed by atoms with E-state index in [4.69, 9.17) is 0 Å². The molecule has 1 saturated heterocycles. The van der Waals surface area contributed by atoms with Gasteiger partial charge in [0.15, 0.2) is 0 Å². The summed E-state index contributed by atoms with van der Waals surface area (Å²) in [6, 6.07) is 1.72. The molecule has 0 aromatic carbocycles. The number of thioether (sulfide) groups is 1. The second-order valence-electron chi connectivity index (χ2n) is 5.59. The summed E-state index contributed by atoms with van der Waals surface area (Å²) >= 11 is 1.84. The van der Waals surface area contributed by atoms with Crippen molar-refractivity contribution in [2.45, 2.75) is 50.0 Å². The maximum absolute atomic E-state index is 12.8. The highest BCUT2D eigenvalue weighted by molar-refractivity contribution is 8.00. The Morgan fingerprint density at radius 3 is 2.71 bits per heavy atom. The van der Waals surface area contributed by atoms with Crippen LogP contribution in [0.1, 0.15) is 38.9 Å². The van der Waals surface area contributed by atoms with Gasteiger partial charge in [-0.25, -0.2) is 8.42 Å². The minimum absolute atomic E-state index is 0.122. The molecular weight excluding hydrogens is 308 g/mol. The maximum atomic E-state index is 12.8. The van der Waals surface area contributed by atoms with Crippen molar-refractivity contribution in [3.63, 3.8) is 0 Å². The van der Waals surface area contributed by atoms with Crippen LogP contribution in [-0.2, 0) is 16.6 Å². The summed E-state index contributed by atoms with van der Waals surface area (Å²) in [6.45, 7) is 7.02. The number of nitrogens with zero attached hydrogens (tertiary/aromatic N) is 2. The molecule has 0 bridgehead atoms. The zero-order chi connectivity index (χ0) is 15.6. The molecule has 1 atom stereocenters. The summed E-state index contributed by atoms with van der Waals surface area (Å²) in [5, 5.41) is 9.78. The largest absolute Gasteiger partial charge is 0.390 e. The van der Waals surface area contributed by atoms with E-state index < -0.39 is 10.0 Å². The lowest BCUT2D eigenvalue weighted by Gasteiger charge is -2.30. The van der Waals surface area contributed by atoms with Gasteiger partial charge in [0.05, 0.1) is 6.61 Å². The fourth-order valence-electron chi connectivity index (χ4n) is 2.55. The van der Waals surface area contributed by atoms with Gasteiger partial charge in [-0.05, 0) is 26.3 Å². The Bertz CT molecular complexity index is 581. The average molecular weight is 332 g/mol. The molecule has 2 heterocycles. The van der Waals surface area contributed by atoms with Crippen molar-refractivity contribution < 1.29 is 13.5 Å². The molecule has 1 unspecified atom stereocenters. The SMILES string of the molecule is CCC1CN(S(=O)(=O)c2cc(CO)n(C(C)C)c2)CCS1. The molecule has 1 aromatic rings. The Kier molecular flexibility index (Phi) is 5.40. The van der Waals surface area contributed by atoms with Crippen LogP contribution in [0.2, 0.25) is 0 Å². The molecule has 1 aliphatic rings. The third-order valence-electron chi connectivity index (χ3n) is 3.82. The van der Waals surface area contributed by atoms with Crippen LogP contribution < -0.4 is 0 Å². The van der Waals surface area contributed by atoms with Gasteiger partial charge in [-0.1, -0.05) is 6.92 Å². The molecule has 0 aliphatic carbocycles. The molecule has 1 fully saturated rings. The van der Waals surface area contributed by atoms with Gasteiger partial charge >= 0.3 is 0 Å². The van der Waals surface area contributed by atoms with Crippen LogP contribution in [0.4, 0.5) is 0 Å². The van der Waals surface area contributed by atoms with Gasteiger partial charge < -0.3 is 9.67 Å². The van der Waals surface area contributed by atoms with Crippen molar-refractivity contribution in [3.05, 3.63) is 18.0 Å². The van der Waals surface area contributed by atoms with E-state index in [9.17, 15) is 13.5 Å². The summed E-state index contributed by atoms with van der Waals surface area (Å²) in [7, 11) is -3.46. The smallest absolute Gasteiger partial charge is 0.244 e. The van der Waals surface area contributed by atoms with Crippen molar-refractivity contribution in [1.29, 1.82) is 0 Å². The van der Waals surface area contributed by atoms with Crippen LogP contribution in [0.5, 0.6) is 0 Å². The van der Waals surface area contributed by atoms with Gasteiger partial charge in [-0.2, -0.15) is 16.1 Å². The normalized spacial score (nSPS) is 21.1. The molecular formula is C14H24N2O3S2. The highest BCUT2D eigenvalue weighted by Crippen LogP contribution is 2.28. The quantitative estimate of drug-likeness (QED) is 0.897. The van der Waals surface area contributed by atoms with Crippen LogP contribution in [0.25, 0.3) is 0 Å². The summed E-state index contributed by atoms with van der Waals surface area (Å²) in [6.07, 6.45) is 2.62. The highest BCUT2D eigenvalue weighted by Gasteiger charge is 2.31. The Balaban J connectivity index is 2.31. The molecule has 0 spiro atoms. The Labute approximate surface area is 131 Å². The van der Waals surface area contributed by atoms with Crippen LogP contribution in [0.3, 0.4) is 0 Å². The van der Waals surface area contributed by atoms with E-state index in [1.165, 1.54) is 0 Å². The van der Waals surface area contributed by atoms with Gasteiger partial charge in [0.2, 0.25) is 10.0 Å². The molecule has 5 nitrogen and oxygen atoms in total. The fraction of sp³-hybridized carbons (Fsp3) is 0.714. The zero-order valence-corrected chi connectivity index (χ0v) is 14.5. The van der Waals surface area contributed by atoms with E-state index in [-0.39, 0.29) is 12.6 Å². The minimum atomic E-state index is -3.46. The molecule has 0 amide bonds. The first-order valence-corrected chi connectivity index (χ1v) is 9.82. The number of aliphatic hydroxyl groups excluding tert-OH is 1. The standard InChI is InChI=1S/C14H24N2O3S2/c1-4-13-8-15(5-6-20-13)21(18,19)14-7-12(10-17)16(9-14)11(2)3/h7,9,11,13,17H,4-6,8,10H2,1-3H3. The third-order valence-corrected chi connectivity index (χ3v) is 7.02. The van der Waals surface area contributed by atoms with Crippen LogP contribution in [0, 0.1) is 0 Å². The monoisotopic (exact) mass is 332 g/mol. The van der Waals surface area contributed by atoms with Crippen molar-refractivity contribution >= 4 is 21.8 Å². The zero-order valence-electron chi connectivity index (χ0n) is 12.8. The van der Waals surface area contributed by atoms with Gasteiger partial charge in [0.1, 0.15) is 4.90 Å². The van der Waals surface area contributed by atoms with Crippen LogP contribution in [-0.4, -0.2) is 46.5 Å². The first kappa shape index (κ1) is 16.9. The Morgan fingerprint density at radius 1 is 1.48 bits per heavy atom. The van der Waals surface area contributed by atoms with E-state index in [1.807, 2.05) is 30.2 Å². The molecule has 1 aromatic heterocycles. The molecule has 21 heavy (non-hydrogen) atoms. The molecule has 0 saturated carbocycles.